The van der Waals surface area contributed by atoms with Gasteiger partial charge in [-0.05, 0) is 6.42 Å². The molecule has 1 aromatic rings. The first kappa shape index (κ1) is 17.8. The first-order valence-corrected chi connectivity index (χ1v) is 8.66. The van der Waals surface area contributed by atoms with Crippen LogP contribution < -0.4 is 11.2 Å². The molecule has 1 fully saturated rings. The van der Waals surface area contributed by atoms with E-state index in [4.69, 9.17) is 8.92 Å². The highest BCUT2D eigenvalue weighted by molar-refractivity contribution is 7.86. The largest absolute Gasteiger partial charge is 0.394 e. The monoisotopic (exact) mass is 350 g/mol. The number of aliphatic hydroxyl groups is 2. The molecule has 1 aliphatic rings. The van der Waals surface area contributed by atoms with Gasteiger partial charge >= 0.3 is 5.69 Å². The second-order valence-corrected chi connectivity index (χ2v) is 6.78. The summed E-state index contributed by atoms with van der Waals surface area (Å²) in [4.78, 5) is 25.6. The summed E-state index contributed by atoms with van der Waals surface area (Å²) in [6.45, 7) is 1.09. The van der Waals surface area contributed by atoms with Crippen LogP contribution in [-0.4, -0.2) is 59.4 Å². The maximum Gasteiger partial charge on any atom is 0.330 e. The van der Waals surface area contributed by atoms with Crippen LogP contribution in [0.1, 0.15) is 18.7 Å². The van der Waals surface area contributed by atoms with Crippen molar-refractivity contribution in [3.63, 3.8) is 0 Å². The number of ether oxygens (including phenoxy) is 1. The van der Waals surface area contributed by atoms with Crippen LogP contribution in [0.3, 0.4) is 0 Å². The molecule has 4 atom stereocenters. The van der Waals surface area contributed by atoms with E-state index in [9.17, 15) is 28.2 Å². The van der Waals surface area contributed by atoms with Crippen LogP contribution in [0, 0.1) is 0 Å². The Kier molecular flexibility index (Phi) is 5.06. The SMILES string of the molecule is CCc1cn([C@@H]2O[C@H](CO)[C@H](OS(C)(=O)=O)[C@H]2O)c(=O)[nH]c1=O. The van der Waals surface area contributed by atoms with Gasteiger partial charge in [0.15, 0.2) is 6.23 Å². The maximum absolute atomic E-state index is 11.9. The van der Waals surface area contributed by atoms with Gasteiger partial charge in [-0.15, -0.1) is 0 Å². The summed E-state index contributed by atoms with van der Waals surface area (Å²) in [5.74, 6) is 0. The minimum absolute atomic E-state index is 0.286. The zero-order valence-corrected chi connectivity index (χ0v) is 13.3. The zero-order valence-electron chi connectivity index (χ0n) is 12.5. The van der Waals surface area contributed by atoms with E-state index in [1.807, 2.05) is 0 Å². The summed E-state index contributed by atoms with van der Waals surface area (Å²) in [7, 11) is -3.92. The predicted octanol–water partition coefficient (Wildman–Crippen LogP) is -2.31. The van der Waals surface area contributed by atoms with E-state index in [-0.39, 0.29) is 5.56 Å². The number of aromatic nitrogens is 2. The molecule has 1 aliphatic heterocycles. The fourth-order valence-electron chi connectivity index (χ4n) is 2.38. The van der Waals surface area contributed by atoms with Crippen molar-refractivity contribution < 1.29 is 27.6 Å². The van der Waals surface area contributed by atoms with Crippen LogP contribution in [0.2, 0.25) is 0 Å². The van der Waals surface area contributed by atoms with Crippen LogP contribution in [-0.2, 0) is 25.5 Å². The van der Waals surface area contributed by atoms with Crippen LogP contribution >= 0.6 is 0 Å². The summed E-state index contributed by atoms with van der Waals surface area (Å²) in [5.41, 5.74) is -1.09. The first-order valence-electron chi connectivity index (χ1n) is 6.85. The van der Waals surface area contributed by atoms with Gasteiger partial charge in [-0.3, -0.25) is 18.5 Å². The van der Waals surface area contributed by atoms with Crippen LogP contribution in [0.25, 0.3) is 0 Å². The number of nitrogens with zero attached hydrogens (tertiary/aromatic N) is 1. The Balaban J connectivity index is 2.42. The first-order chi connectivity index (χ1) is 10.7. The number of hydrogen-bond donors (Lipinski definition) is 3. The van der Waals surface area contributed by atoms with Crippen molar-refractivity contribution in [1.82, 2.24) is 9.55 Å². The Morgan fingerprint density at radius 2 is 2.09 bits per heavy atom. The predicted molar refractivity (Wildman–Crippen MR) is 77.4 cm³/mol. The molecular weight excluding hydrogens is 332 g/mol. The van der Waals surface area contributed by atoms with Gasteiger partial charge in [0.2, 0.25) is 0 Å². The van der Waals surface area contributed by atoms with E-state index in [1.54, 1.807) is 6.92 Å². The topological polar surface area (TPSA) is 148 Å². The van der Waals surface area contributed by atoms with Gasteiger partial charge in [0.05, 0.1) is 12.9 Å². The van der Waals surface area contributed by atoms with Crippen LogP contribution in [0.15, 0.2) is 15.8 Å². The molecule has 0 amide bonds. The Labute approximate surface area is 131 Å². The number of aryl methyl sites for hydroxylation is 1. The summed E-state index contributed by atoms with van der Waals surface area (Å²) in [5, 5.41) is 19.5. The van der Waals surface area contributed by atoms with Gasteiger partial charge in [-0.2, -0.15) is 8.42 Å². The van der Waals surface area contributed by atoms with Crippen molar-refractivity contribution in [2.24, 2.45) is 0 Å². The van der Waals surface area contributed by atoms with E-state index in [1.165, 1.54) is 6.20 Å². The lowest BCUT2D eigenvalue weighted by Gasteiger charge is -2.19. The maximum atomic E-state index is 11.9. The standard InChI is InChI=1S/C12H18N2O8S/c1-3-6-4-14(12(18)13-10(6)17)11-8(16)9(7(5-15)21-11)22-23(2,19)20/h4,7-9,11,15-16H,3,5H2,1-2H3,(H,13,17,18)/t7-,8-,9+,11-/m1/s1. The van der Waals surface area contributed by atoms with Crippen molar-refractivity contribution in [3.05, 3.63) is 32.6 Å². The van der Waals surface area contributed by atoms with Crippen molar-refractivity contribution >= 4 is 10.1 Å². The number of aliphatic hydroxyl groups excluding tert-OH is 2. The molecule has 0 spiro atoms. The lowest BCUT2D eigenvalue weighted by molar-refractivity contribution is -0.0544. The summed E-state index contributed by atoms with van der Waals surface area (Å²) in [6.07, 6.45) is -2.98. The molecule has 1 saturated heterocycles. The third-order valence-electron chi connectivity index (χ3n) is 3.47. The molecule has 0 aromatic carbocycles. The highest BCUT2D eigenvalue weighted by Crippen LogP contribution is 2.31. The Morgan fingerprint density at radius 3 is 2.61 bits per heavy atom. The zero-order chi connectivity index (χ0) is 17.4. The Bertz CT molecular complexity index is 783. The molecule has 0 saturated carbocycles. The molecule has 11 heteroatoms. The minimum atomic E-state index is -3.92. The van der Waals surface area contributed by atoms with E-state index in [0.29, 0.717) is 6.42 Å². The van der Waals surface area contributed by atoms with Gasteiger partial charge < -0.3 is 14.9 Å². The van der Waals surface area contributed by atoms with Gasteiger partial charge in [-0.25, -0.2) is 4.79 Å². The third-order valence-corrected chi connectivity index (χ3v) is 4.04. The average Bonchev–Trinajstić information content (AvgIpc) is 2.74. The summed E-state index contributed by atoms with van der Waals surface area (Å²) >= 11 is 0. The van der Waals surface area contributed by atoms with Crippen molar-refractivity contribution in [2.45, 2.75) is 37.9 Å². The Hall–Kier alpha value is -1.53. The Morgan fingerprint density at radius 1 is 1.43 bits per heavy atom. The molecule has 2 rings (SSSR count). The highest BCUT2D eigenvalue weighted by atomic mass is 32.2. The molecule has 0 aliphatic carbocycles. The third kappa shape index (κ3) is 3.70. The normalized spacial score (nSPS) is 28.2. The fraction of sp³-hybridized carbons (Fsp3) is 0.667. The van der Waals surface area contributed by atoms with E-state index < -0.39 is 52.5 Å². The molecule has 10 nitrogen and oxygen atoms in total. The number of aromatic amines is 1. The van der Waals surface area contributed by atoms with Crippen molar-refractivity contribution in [1.29, 1.82) is 0 Å². The van der Waals surface area contributed by atoms with E-state index in [0.717, 1.165) is 10.8 Å². The summed E-state index contributed by atoms with van der Waals surface area (Å²) in [6, 6.07) is 0. The van der Waals surface area contributed by atoms with Crippen LogP contribution in [0.4, 0.5) is 0 Å². The summed E-state index contributed by atoms with van der Waals surface area (Å²) < 4.78 is 33.5. The number of hydrogen-bond acceptors (Lipinski definition) is 8. The van der Waals surface area contributed by atoms with Crippen molar-refractivity contribution in [2.75, 3.05) is 12.9 Å². The highest BCUT2D eigenvalue weighted by Gasteiger charge is 2.47. The molecular formula is C12H18N2O8S. The van der Waals surface area contributed by atoms with Gasteiger partial charge in [-0.1, -0.05) is 6.92 Å². The van der Waals surface area contributed by atoms with Crippen LogP contribution in [0.5, 0.6) is 0 Å². The number of H-pyrrole nitrogens is 1. The molecule has 3 N–H and O–H groups in total. The molecule has 130 valence electrons. The second-order valence-electron chi connectivity index (χ2n) is 5.18. The number of nitrogens with one attached hydrogen (secondary N) is 1. The van der Waals surface area contributed by atoms with E-state index >= 15 is 0 Å². The second kappa shape index (κ2) is 6.53. The molecule has 23 heavy (non-hydrogen) atoms. The molecule has 0 unspecified atom stereocenters. The molecule has 0 radical (unpaired) electrons. The molecule has 2 heterocycles. The van der Waals surface area contributed by atoms with Gasteiger partial charge in [0.1, 0.15) is 18.3 Å². The lowest BCUT2D eigenvalue weighted by Crippen LogP contribution is -2.40. The molecule has 0 bridgehead atoms. The van der Waals surface area contributed by atoms with E-state index in [2.05, 4.69) is 4.98 Å². The lowest BCUT2D eigenvalue weighted by atomic mass is 10.1. The van der Waals surface area contributed by atoms with Crippen molar-refractivity contribution in [3.8, 4) is 0 Å². The van der Waals surface area contributed by atoms with Gasteiger partial charge in [0.25, 0.3) is 15.7 Å². The minimum Gasteiger partial charge on any atom is -0.394 e. The fourth-order valence-corrected chi connectivity index (χ4v) is 3.03. The average molecular weight is 350 g/mol. The van der Waals surface area contributed by atoms with Gasteiger partial charge in [0, 0.05) is 11.8 Å². The number of rotatable bonds is 5. The quantitative estimate of drug-likeness (QED) is 0.502. The molecule has 1 aromatic heterocycles. The smallest absolute Gasteiger partial charge is 0.330 e.